The van der Waals surface area contributed by atoms with Gasteiger partial charge in [0.05, 0.1) is 5.69 Å². The molecule has 2 amide bonds. The Balaban J connectivity index is 1.25. The number of carbonyl (C=O) groups is 1. The van der Waals surface area contributed by atoms with Crippen molar-refractivity contribution >= 4 is 22.5 Å². The molecule has 6 nitrogen and oxygen atoms in total. The summed E-state index contributed by atoms with van der Waals surface area (Å²) < 4.78 is 0. The van der Waals surface area contributed by atoms with Gasteiger partial charge in [0, 0.05) is 50.2 Å². The molecular formula is C17H27N5OS. The van der Waals surface area contributed by atoms with Crippen LogP contribution in [0.3, 0.4) is 0 Å². The maximum Gasteiger partial charge on any atom is 0.323 e. The van der Waals surface area contributed by atoms with Gasteiger partial charge < -0.3 is 9.80 Å². The van der Waals surface area contributed by atoms with Crippen molar-refractivity contribution in [1.82, 2.24) is 19.7 Å². The minimum Gasteiger partial charge on any atom is -0.321 e. The molecule has 2 saturated heterocycles. The van der Waals surface area contributed by atoms with Gasteiger partial charge in [0.25, 0.3) is 0 Å². The van der Waals surface area contributed by atoms with Crippen LogP contribution in [-0.2, 0) is 12.8 Å². The van der Waals surface area contributed by atoms with E-state index in [-0.39, 0.29) is 6.03 Å². The highest BCUT2D eigenvalue weighted by Gasteiger charge is 2.36. The van der Waals surface area contributed by atoms with Crippen molar-refractivity contribution in [3.63, 3.8) is 0 Å². The quantitative estimate of drug-likeness (QED) is 0.905. The molecule has 1 aromatic heterocycles. The maximum atomic E-state index is 12.4. The third-order valence-corrected chi connectivity index (χ3v) is 6.65. The van der Waals surface area contributed by atoms with Crippen molar-refractivity contribution in [3.05, 3.63) is 10.6 Å². The third-order valence-electron chi connectivity index (χ3n) is 5.58. The molecule has 4 rings (SSSR count). The number of amides is 2. The normalized spacial score (nSPS) is 23.0. The molecule has 3 heterocycles. The van der Waals surface area contributed by atoms with E-state index in [1.165, 1.54) is 23.4 Å². The first-order valence-corrected chi connectivity index (χ1v) is 10.1. The number of fused-ring (bicyclic) bond motifs is 1. The van der Waals surface area contributed by atoms with Crippen molar-refractivity contribution < 1.29 is 4.79 Å². The number of likely N-dealkylation sites (tertiary alicyclic amines) is 1. The molecular weight excluding hydrogens is 322 g/mol. The summed E-state index contributed by atoms with van der Waals surface area (Å²) in [5.74, 6) is 0. The van der Waals surface area contributed by atoms with Gasteiger partial charge in [-0.1, -0.05) is 6.92 Å². The van der Waals surface area contributed by atoms with E-state index in [1.54, 1.807) is 11.3 Å². The minimum absolute atomic E-state index is 0.0181. The van der Waals surface area contributed by atoms with E-state index in [0.29, 0.717) is 6.04 Å². The van der Waals surface area contributed by atoms with Crippen LogP contribution in [-0.4, -0.2) is 77.6 Å². The summed E-state index contributed by atoms with van der Waals surface area (Å²) in [6.45, 7) is 9.65. The summed E-state index contributed by atoms with van der Waals surface area (Å²) in [5, 5.41) is 3.79. The highest BCUT2D eigenvalue weighted by molar-refractivity contribution is 7.15. The Hall–Kier alpha value is -1.18. The maximum absolute atomic E-state index is 12.4. The number of hydrogen-bond donors (Lipinski definition) is 1. The first-order valence-electron chi connectivity index (χ1n) is 9.24. The number of urea groups is 1. The zero-order chi connectivity index (χ0) is 16.5. The summed E-state index contributed by atoms with van der Waals surface area (Å²) in [7, 11) is 0. The van der Waals surface area contributed by atoms with Gasteiger partial charge in [-0.15, -0.1) is 11.3 Å². The lowest BCUT2D eigenvalue weighted by Crippen LogP contribution is -2.64. The first-order chi connectivity index (χ1) is 11.7. The molecule has 1 aliphatic carbocycles. The number of aromatic nitrogens is 1. The topological polar surface area (TPSA) is 51.7 Å². The molecule has 1 aromatic rings. The Bertz CT molecular complexity index is 566. The second-order valence-electron chi connectivity index (χ2n) is 7.06. The fourth-order valence-electron chi connectivity index (χ4n) is 3.87. The van der Waals surface area contributed by atoms with Gasteiger partial charge in [0.15, 0.2) is 5.13 Å². The van der Waals surface area contributed by atoms with Crippen molar-refractivity contribution in [3.8, 4) is 0 Å². The summed E-state index contributed by atoms with van der Waals surface area (Å²) in [6, 6.07) is 0.559. The molecule has 0 spiro atoms. The Kier molecular flexibility index (Phi) is 4.74. The van der Waals surface area contributed by atoms with Crippen molar-refractivity contribution in [1.29, 1.82) is 0 Å². The van der Waals surface area contributed by atoms with Gasteiger partial charge in [-0.2, -0.15) is 0 Å². The van der Waals surface area contributed by atoms with Gasteiger partial charge >= 0.3 is 6.03 Å². The molecule has 2 fully saturated rings. The van der Waals surface area contributed by atoms with Gasteiger partial charge in [0.2, 0.25) is 0 Å². The highest BCUT2D eigenvalue weighted by Crippen LogP contribution is 2.30. The van der Waals surface area contributed by atoms with Crippen LogP contribution in [0.15, 0.2) is 0 Å². The highest BCUT2D eigenvalue weighted by atomic mass is 32.1. The van der Waals surface area contributed by atoms with Crippen LogP contribution in [0.1, 0.15) is 30.3 Å². The van der Waals surface area contributed by atoms with E-state index < -0.39 is 0 Å². The van der Waals surface area contributed by atoms with E-state index in [0.717, 1.165) is 63.8 Å². The second kappa shape index (κ2) is 6.98. The molecule has 0 bridgehead atoms. The fourth-order valence-corrected chi connectivity index (χ4v) is 4.91. The zero-order valence-electron chi connectivity index (χ0n) is 14.5. The van der Waals surface area contributed by atoms with Gasteiger partial charge in [-0.25, -0.2) is 9.78 Å². The Morgan fingerprint density at radius 1 is 1.21 bits per heavy atom. The number of anilines is 1. The van der Waals surface area contributed by atoms with Gasteiger partial charge in [-0.05, 0) is 32.2 Å². The zero-order valence-corrected chi connectivity index (χ0v) is 15.3. The largest absolute Gasteiger partial charge is 0.323 e. The number of thiazole rings is 1. The van der Waals surface area contributed by atoms with Gasteiger partial charge in [-0.3, -0.25) is 10.2 Å². The van der Waals surface area contributed by atoms with Crippen LogP contribution >= 0.6 is 11.3 Å². The molecule has 2 aliphatic heterocycles. The number of nitrogens with zero attached hydrogens (tertiary/aromatic N) is 4. The Morgan fingerprint density at radius 2 is 1.96 bits per heavy atom. The molecule has 0 unspecified atom stereocenters. The van der Waals surface area contributed by atoms with Crippen LogP contribution in [0, 0.1) is 0 Å². The monoisotopic (exact) mass is 349 g/mol. The third kappa shape index (κ3) is 3.30. The summed E-state index contributed by atoms with van der Waals surface area (Å²) in [5.41, 5.74) is 1.21. The lowest BCUT2D eigenvalue weighted by atomic mass is 10.0. The van der Waals surface area contributed by atoms with Crippen molar-refractivity contribution in [2.24, 2.45) is 0 Å². The van der Waals surface area contributed by atoms with E-state index in [9.17, 15) is 4.79 Å². The molecule has 24 heavy (non-hydrogen) atoms. The standard InChI is InChI=1S/C17H27N5OS/c1-2-20-7-9-21(10-8-20)13-11-22(12-13)17(23)19-16-18-14-5-3-4-6-15(14)24-16/h13H,2-12H2,1H3,(H,18,19,23). The number of nitrogens with one attached hydrogen (secondary N) is 1. The molecule has 132 valence electrons. The lowest BCUT2D eigenvalue weighted by Gasteiger charge is -2.47. The van der Waals surface area contributed by atoms with E-state index in [2.05, 4.69) is 27.0 Å². The number of carbonyl (C=O) groups excluding carboxylic acids is 1. The smallest absolute Gasteiger partial charge is 0.321 e. The number of piperazine rings is 1. The average molecular weight is 350 g/mol. The predicted octanol–water partition coefficient (Wildman–Crippen LogP) is 1.88. The molecule has 1 N–H and O–H groups in total. The first kappa shape index (κ1) is 16.3. The van der Waals surface area contributed by atoms with Crippen molar-refractivity contribution in [2.75, 3.05) is 51.1 Å². The molecule has 0 radical (unpaired) electrons. The Labute approximate surface area is 147 Å². The van der Waals surface area contributed by atoms with Crippen molar-refractivity contribution in [2.45, 2.75) is 38.6 Å². The summed E-state index contributed by atoms with van der Waals surface area (Å²) in [4.78, 5) is 25.3. The number of likely N-dealkylation sites (N-methyl/N-ethyl adjacent to an activating group) is 1. The van der Waals surface area contributed by atoms with Crippen LogP contribution in [0.25, 0.3) is 0 Å². The second-order valence-corrected chi connectivity index (χ2v) is 8.14. The average Bonchev–Trinajstić information content (AvgIpc) is 2.96. The summed E-state index contributed by atoms with van der Waals surface area (Å²) >= 11 is 1.66. The van der Waals surface area contributed by atoms with E-state index in [1.807, 2.05) is 4.90 Å². The molecule has 0 atom stereocenters. The number of rotatable bonds is 3. The SMILES string of the molecule is CCN1CCN(C2CN(C(=O)Nc3nc4c(s3)CCCC4)C2)CC1. The molecule has 0 aromatic carbocycles. The van der Waals surface area contributed by atoms with Crippen LogP contribution in [0.4, 0.5) is 9.93 Å². The molecule has 7 heteroatoms. The predicted molar refractivity (Wildman–Crippen MR) is 96.8 cm³/mol. The van der Waals surface area contributed by atoms with E-state index >= 15 is 0 Å². The lowest BCUT2D eigenvalue weighted by molar-refractivity contribution is 0.0273. The van der Waals surface area contributed by atoms with E-state index in [4.69, 9.17) is 0 Å². The van der Waals surface area contributed by atoms with Crippen LogP contribution < -0.4 is 5.32 Å². The Morgan fingerprint density at radius 3 is 2.67 bits per heavy atom. The number of hydrogen-bond acceptors (Lipinski definition) is 5. The number of aryl methyl sites for hydroxylation is 2. The van der Waals surface area contributed by atoms with Crippen LogP contribution in [0.2, 0.25) is 0 Å². The fraction of sp³-hybridized carbons (Fsp3) is 0.765. The van der Waals surface area contributed by atoms with Gasteiger partial charge in [0.1, 0.15) is 0 Å². The molecule has 3 aliphatic rings. The molecule has 0 saturated carbocycles. The van der Waals surface area contributed by atoms with Crippen LogP contribution in [0.5, 0.6) is 0 Å². The minimum atomic E-state index is 0.0181. The summed E-state index contributed by atoms with van der Waals surface area (Å²) in [6.07, 6.45) is 4.67.